The number of aliphatic hydroxyl groups is 8. The van der Waals surface area contributed by atoms with Gasteiger partial charge in [-0.25, -0.2) is 0 Å². The maximum atomic E-state index is 11.9. The highest BCUT2D eigenvalue weighted by Gasteiger charge is 2.64. The molecule has 246 valence electrons. The highest BCUT2D eigenvalue weighted by Crippen LogP contribution is 2.40. The second kappa shape index (κ2) is 13.3. The second-order valence-corrected chi connectivity index (χ2v) is 11.0. The molecule has 4 aliphatic heterocycles. The SMILES string of the molecule is NCC1O[C@H]([C@@]2(O)C(N)O[C@@H](N)C(O)[C@H]2O[C@@H]2O[C@H](CO)[C@H](O[C@H]3O[C@H](CN)[C@@H](O)C(O)C3N)C2O)C(N)[C@@H](O)[C@@H]1O. The van der Waals surface area contributed by atoms with Crippen LogP contribution in [0.4, 0.5) is 0 Å². The molecular formula is C22H44N6O14. The van der Waals surface area contributed by atoms with Gasteiger partial charge in [-0.3, -0.25) is 0 Å². The average Bonchev–Trinajstić information content (AvgIpc) is 3.26. The van der Waals surface area contributed by atoms with E-state index in [9.17, 15) is 40.9 Å². The highest BCUT2D eigenvalue weighted by molar-refractivity contribution is 5.13. The molecule has 4 fully saturated rings. The molecule has 20 nitrogen and oxygen atoms in total. The monoisotopic (exact) mass is 616 g/mol. The number of aliphatic hydroxyl groups excluding tert-OH is 7. The Labute approximate surface area is 239 Å². The van der Waals surface area contributed by atoms with Crippen LogP contribution in [0, 0.1) is 0 Å². The van der Waals surface area contributed by atoms with E-state index in [1.54, 1.807) is 0 Å². The second-order valence-electron chi connectivity index (χ2n) is 11.0. The van der Waals surface area contributed by atoms with Gasteiger partial charge in [-0.2, -0.15) is 0 Å². The van der Waals surface area contributed by atoms with Crippen molar-refractivity contribution in [3.05, 3.63) is 0 Å². The van der Waals surface area contributed by atoms with Crippen molar-refractivity contribution in [3.63, 3.8) is 0 Å². The number of ether oxygens (including phenoxy) is 6. The van der Waals surface area contributed by atoms with E-state index in [0.29, 0.717) is 0 Å². The molecule has 0 amide bonds. The summed E-state index contributed by atoms with van der Waals surface area (Å²) < 4.78 is 33.7. The summed E-state index contributed by atoms with van der Waals surface area (Å²) in [5.41, 5.74) is 32.6. The van der Waals surface area contributed by atoms with Gasteiger partial charge in [-0.1, -0.05) is 0 Å². The molecule has 0 aromatic heterocycles. The quantitative estimate of drug-likeness (QED) is 0.120. The first-order valence-electron chi connectivity index (χ1n) is 13.5. The Kier molecular flexibility index (Phi) is 10.8. The van der Waals surface area contributed by atoms with Gasteiger partial charge >= 0.3 is 0 Å². The fourth-order valence-corrected chi connectivity index (χ4v) is 5.78. The van der Waals surface area contributed by atoms with E-state index in [4.69, 9.17) is 62.8 Å². The molecule has 0 aromatic rings. The van der Waals surface area contributed by atoms with Gasteiger partial charge < -0.3 is 104 Å². The predicted molar refractivity (Wildman–Crippen MR) is 135 cm³/mol. The van der Waals surface area contributed by atoms with Gasteiger partial charge in [0.2, 0.25) is 0 Å². The molecule has 0 spiro atoms. The largest absolute Gasteiger partial charge is 0.394 e. The Morgan fingerprint density at radius 1 is 0.619 bits per heavy atom. The third-order valence-corrected chi connectivity index (χ3v) is 8.37. The van der Waals surface area contributed by atoms with Crippen LogP contribution in [0.15, 0.2) is 0 Å². The first kappa shape index (κ1) is 34.1. The van der Waals surface area contributed by atoms with Crippen LogP contribution in [-0.4, -0.2) is 177 Å². The summed E-state index contributed by atoms with van der Waals surface area (Å²) in [6.07, 6.45) is -24.7. The van der Waals surface area contributed by atoms with E-state index in [1.807, 2.05) is 0 Å². The molecule has 0 bridgehead atoms. The van der Waals surface area contributed by atoms with E-state index < -0.39 is 123 Å². The van der Waals surface area contributed by atoms with E-state index >= 15 is 0 Å². The van der Waals surface area contributed by atoms with Gasteiger partial charge in [0.05, 0.1) is 24.8 Å². The highest BCUT2D eigenvalue weighted by atomic mass is 16.8. The third-order valence-electron chi connectivity index (χ3n) is 8.37. The van der Waals surface area contributed by atoms with Gasteiger partial charge in [-0.15, -0.1) is 0 Å². The molecule has 20 N–H and O–H groups in total. The molecule has 0 radical (unpaired) electrons. The number of rotatable bonds is 8. The van der Waals surface area contributed by atoms with Crippen LogP contribution < -0.4 is 34.4 Å². The molecule has 4 rings (SSSR count). The molecule has 0 saturated carbocycles. The van der Waals surface area contributed by atoms with Crippen LogP contribution in [0.3, 0.4) is 0 Å². The van der Waals surface area contributed by atoms with Crippen molar-refractivity contribution in [2.75, 3.05) is 19.7 Å². The van der Waals surface area contributed by atoms with Crippen LogP contribution in [0.5, 0.6) is 0 Å². The average molecular weight is 617 g/mol. The topological polar surface area (TPSA) is 373 Å². The number of hydrogen-bond acceptors (Lipinski definition) is 20. The minimum atomic E-state index is -2.59. The lowest BCUT2D eigenvalue weighted by Crippen LogP contribution is -2.80. The lowest BCUT2D eigenvalue weighted by Gasteiger charge is -2.55. The van der Waals surface area contributed by atoms with Crippen molar-refractivity contribution in [2.45, 2.75) is 116 Å². The Bertz CT molecular complexity index is 899. The number of hydrogen-bond donors (Lipinski definition) is 14. The van der Waals surface area contributed by atoms with Crippen molar-refractivity contribution in [1.82, 2.24) is 0 Å². The molecule has 4 heterocycles. The number of nitrogens with two attached hydrogens (primary N) is 6. The summed E-state index contributed by atoms with van der Waals surface area (Å²) >= 11 is 0. The summed E-state index contributed by atoms with van der Waals surface area (Å²) in [7, 11) is 0. The summed E-state index contributed by atoms with van der Waals surface area (Å²) in [4.78, 5) is 0. The molecular weight excluding hydrogens is 572 g/mol. The third kappa shape index (κ3) is 5.81. The zero-order valence-corrected chi connectivity index (χ0v) is 22.5. The van der Waals surface area contributed by atoms with Crippen LogP contribution in [0.1, 0.15) is 0 Å². The fourth-order valence-electron chi connectivity index (χ4n) is 5.78. The summed E-state index contributed by atoms with van der Waals surface area (Å²) in [6.45, 7) is -1.23. The van der Waals surface area contributed by atoms with Crippen LogP contribution in [0.2, 0.25) is 0 Å². The summed E-state index contributed by atoms with van der Waals surface area (Å²) in [5, 5.41) is 85.1. The van der Waals surface area contributed by atoms with Crippen molar-refractivity contribution >= 4 is 0 Å². The minimum Gasteiger partial charge on any atom is -0.394 e. The molecule has 19 atom stereocenters. The molecule has 7 unspecified atom stereocenters. The Balaban J connectivity index is 1.58. The maximum Gasteiger partial charge on any atom is 0.187 e. The summed E-state index contributed by atoms with van der Waals surface area (Å²) in [5.74, 6) is 0. The van der Waals surface area contributed by atoms with E-state index in [2.05, 4.69) is 0 Å². The van der Waals surface area contributed by atoms with Crippen molar-refractivity contribution in [3.8, 4) is 0 Å². The molecule has 0 aliphatic carbocycles. The fraction of sp³-hybridized carbons (Fsp3) is 1.00. The van der Waals surface area contributed by atoms with Gasteiger partial charge in [0, 0.05) is 13.1 Å². The van der Waals surface area contributed by atoms with E-state index in [0.717, 1.165) is 0 Å². The Morgan fingerprint density at radius 3 is 1.74 bits per heavy atom. The van der Waals surface area contributed by atoms with Gasteiger partial charge in [0.1, 0.15) is 79.6 Å². The molecule has 42 heavy (non-hydrogen) atoms. The van der Waals surface area contributed by atoms with Crippen LogP contribution in [0.25, 0.3) is 0 Å². The zero-order chi connectivity index (χ0) is 31.3. The first-order chi connectivity index (χ1) is 19.7. The maximum absolute atomic E-state index is 11.9. The Hall–Kier alpha value is -0.800. The standard InChI is InChI=1S/C22H44N6O14/c23-1-4-9(30)11(32)7(25)16(37-4)22(36)17(14(35)18(27)42-21(22)28)41-20-13(34)15(6(3-29)39-20)40-19-8(26)12(33)10(31)5(2-24)38-19/h4-21,29-36H,1-3,23-28H2/t4?,5-,6-,7?,8?,9-,10-,11-,12?,13?,14?,15+,16+,17-,18-,19-,20+,21?,22+/m1/s1. The minimum absolute atomic E-state index is 0.202. The van der Waals surface area contributed by atoms with Crippen molar-refractivity contribution < 1.29 is 69.3 Å². The molecule has 0 aromatic carbocycles. The van der Waals surface area contributed by atoms with Crippen LogP contribution >= 0.6 is 0 Å². The lowest BCUT2D eigenvalue weighted by atomic mass is 9.76. The lowest BCUT2D eigenvalue weighted by molar-refractivity contribution is -0.352. The smallest absolute Gasteiger partial charge is 0.187 e. The van der Waals surface area contributed by atoms with E-state index in [-0.39, 0.29) is 13.1 Å². The molecule has 20 heteroatoms. The first-order valence-corrected chi connectivity index (χ1v) is 13.5. The summed E-state index contributed by atoms with van der Waals surface area (Å²) in [6, 6.07) is -2.80. The van der Waals surface area contributed by atoms with Crippen molar-refractivity contribution in [1.29, 1.82) is 0 Å². The Morgan fingerprint density at radius 2 is 1.17 bits per heavy atom. The zero-order valence-electron chi connectivity index (χ0n) is 22.5. The van der Waals surface area contributed by atoms with Gasteiger partial charge in [0.15, 0.2) is 18.2 Å². The van der Waals surface area contributed by atoms with E-state index in [1.165, 1.54) is 0 Å². The van der Waals surface area contributed by atoms with Crippen LogP contribution in [-0.2, 0) is 28.4 Å². The van der Waals surface area contributed by atoms with Crippen molar-refractivity contribution in [2.24, 2.45) is 34.4 Å². The molecule has 4 saturated heterocycles. The molecule has 4 aliphatic rings. The van der Waals surface area contributed by atoms with Gasteiger partial charge in [0.25, 0.3) is 0 Å². The predicted octanol–water partition coefficient (Wildman–Crippen LogP) is -9.97. The normalized spacial score (nSPS) is 55.6. The van der Waals surface area contributed by atoms with Gasteiger partial charge in [-0.05, 0) is 0 Å².